The summed E-state index contributed by atoms with van der Waals surface area (Å²) in [5.74, 6) is 0. The molecule has 1 aromatic heterocycles. The zero-order chi connectivity index (χ0) is 34.4. The van der Waals surface area contributed by atoms with Gasteiger partial charge < -0.3 is 9.32 Å². The summed E-state index contributed by atoms with van der Waals surface area (Å²) in [4.78, 5) is 2.37. The third-order valence-electron chi connectivity index (χ3n) is 10.3. The summed E-state index contributed by atoms with van der Waals surface area (Å²) in [6, 6.07) is 71.6. The predicted molar refractivity (Wildman–Crippen MR) is 220 cm³/mol. The largest absolute Gasteiger partial charge is 0.455 e. The van der Waals surface area contributed by atoms with Crippen molar-refractivity contribution in [2.24, 2.45) is 0 Å². The Hall–Kier alpha value is -6.90. The molecule has 0 atom stereocenters. The van der Waals surface area contributed by atoms with E-state index < -0.39 is 0 Å². The number of furan rings is 1. The lowest BCUT2D eigenvalue weighted by Crippen LogP contribution is -2.10. The topological polar surface area (TPSA) is 16.4 Å². The maximum atomic E-state index is 6.51. The highest BCUT2D eigenvalue weighted by molar-refractivity contribution is 6.17. The Morgan fingerprint density at radius 1 is 0.308 bits per heavy atom. The second-order valence-electron chi connectivity index (χ2n) is 13.3. The number of anilines is 3. The summed E-state index contributed by atoms with van der Waals surface area (Å²) in [5.41, 5.74) is 12.3. The van der Waals surface area contributed by atoms with E-state index in [9.17, 15) is 0 Å². The summed E-state index contributed by atoms with van der Waals surface area (Å²) in [5, 5.41) is 6.99. The molecule has 0 amide bonds. The molecule has 0 N–H and O–H groups in total. The van der Waals surface area contributed by atoms with Crippen LogP contribution in [0.4, 0.5) is 17.1 Å². The van der Waals surface area contributed by atoms with Gasteiger partial charge in [-0.1, -0.05) is 158 Å². The van der Waals surface area contributed by atoms with Crippen molar-refractivity contribution in [1.82, 2.24) is 0 Å². The fraction of sp³-hybridized carbons (Fsp3) is 0. The molecule has 0 fully saturated rings. The van der Waals surface area contributed by atoms with Crippen molar-refractivity contribution in [2.75, 3.05) is 4.90 Å². The second-order valence-corrected chi connectivity index (χ2v) is 13.3. The maximum Gasteiger partial charge on any atom is 0.143 e. The highest BCUT2D eigenvalue weighted by atomic mass is 16.3. The fourth-order valence-electron chi connectivity index (χ4n) is 7.81. The van der Waals surface area contributed by atoms with Gasteiger partial charge in [-0.15, -0.1) is 0 Å². The number of para-hydroxylation sites is 1. The maximum absolute atomic E-state index is 6.51. The Bertz CT molecular complexity index is 2880. The predicted octanol–water partition coefficient (Wildman–Crippen LogP) is 14.4. The summed E-state index contributed by atoms with van der Waals surface area (Å²) in [6.45, 7) is 0. The summed E-state index contributed by atoms with van der Waals surface area (Å²) >= 11 is 0. The normalized spacial score (nSPS) is 11.5. The molecule has 0 aliphatic rings. The molecular formula is C50H33NO. The quantitative estimate of drug-likeness (QED) is 0.176. The molecule has 1 heterocycles. The Labute approximate surface area is 302 Å². The lowest BCUT2D eigenvalue weighted by Gasteiger charge is -2.27. The van der Waals surface area contributed by atoms with Gasteiger partial charge >= 0.3 is 0 Å². The SMILES string of the molecule is c1ccc(-c2ccccc2-c2ccc(N(c3ccc(-c4cccc5ccccc45)cc3)c3cccc4c3ccc3c5ccccc5oc43)cc2)cc1. The van der Waals surface area contributed by atoms with E-state index in [1.165, 1.54) is 44.2 Å². The fourth-order valence-corrected chi connectivity index (χ4v) is 7.81. The number of hydrogen-bond acceptors (Lipinski definition) is 2. The molecule has 0 aliphatic heterocycles. The van der Waals surface area contributed by atoms with E-state index >= 15 is 0 Å². The van der Waals surface area contributed by atoms with Gasteiger partial charge in [0, 0.05) is 32.9 Å². The van der Waals surface area contributed by atoms with Crippen LogP contribution in [0, 0.1) is 0 Å². The van der Waals surface area contributed by atoms with E-state index in [2.05, 4.69) is 193 Å². The Kier molecular flexibility index (Phi) is 7.18. The van der Waals surface area contributed by atoms with Crippen LogP contribution in [0.5, 0.6) is 0 Å². The number of benzene rings is 9. The lowest BCUT2D eigenvalue weighted by atomic mass is 9.94. The van der Waals surface area contributed by atoms with Gasteiger partial charge in [-0.2, -0.15) is 0 Å². The Morgan fingerprint density at radius 3 is 1.56 bits per heavy atom. The van der Waals surface area contributed by atoms with Crippen molar-refractivity contribution >= 4 is 60.5 Å². The molecular weight excluding hydrogens is 631 g/mol. The average molecular weight is 664 g/mol. The average Bonchev–Trinajstić information content (AvgIpc) is 3.61. The number of hydrogen-bond donors (Lipinski definition) is 0. The molecule has 0 aliphatic carbocycles. The van der Waals surface area contributed by atoms with Crippen molar-refractivity contribution < 1.29 is 4.42 Å². The standard InChI is InChI=1S/C50H33NO/c1-2-12-34(13-3-1)40-17-6-7-18-42(40)36-24-28-38(29-25-36)51(39-30-26-37(27-31-39)43-20-10-15-35-14-4-5-16-41(35)43)48-22-11-21-46-44(48)32-33-47-45-19-8-9-23-49(45)52-50(46)47/h1-33H. The molecule has 0 radical (unpaired) electrons. The molecule has 9 aromatic carbocycles. The van der Waals surface area contributed by atoms with Crippen molar-refractivity contribution in [1.29, 1.82) is 0 Å². The number of nitrogens with zero attached hydrogens (tertiary/aromatic N) is 1. The molecule has 0 saturated carbocycles. The summed E-state index contributed by atoms with van der Waals surface area (Å²) < 4.78 is 6.51. The molecule has 0 spiro atoms. The zero-order valence-electron chi connectivity index (χ0n) is 28.4. The van der Waals surface area contributed by atoms with Crippen molar-refractivity contribution in [3.8, 4) is 33.4 Å². The van der Waals surface area contributed by atoms with Crippen LogP contribution in [0.15, 0.2) is 205 Å². The second kappa shape index (κ2) is 12.5. The van der Waals surface area contributed by atoms with Gasteiger partial charge in [0.1, 0.15) is 11.2 Å². The number of fused-ring (bicyclic) bond motifs is 6. The molecule has 0 saturated heterocycles. The monoisotopic (exact) mass is 663 g/mol. The van der Waals surface area contributed by atoms with E-state index in [0.717, 1.165) is 49.8 Å². The number of rotatable bonds is 6. The van der Waals surface area contributed by atoms with Crippen LogP contribution < -0.4 is 4.90 Å². The van der Waals surface area contributed by atoms with Crippen LogP contribution in [0.2, 0.25) is 0 Å². The van der Waals surface area contributed by atoms with Gasteiger partial charge in [0.15, 0.2) is 0 Å². The molecule has 0 bridgehead atoms. The van der Waals surface area contributed by atoms with Gasteiger partial charge in [0.2, 0.25) is 0 Å². The third kappa shape index (κ3) is 5.04. The van der Waals surface area contributed by atoms with Crippen molar-refractivity contribution in [2.45, 2.75) is 0 Å². The minimum atomic E-state index is 0.905. The molecule has 244 valence electrons. The van der Waals surface area contributed by atoms with Gasteiger partial charge in [-0.05, 0) is 86.6 Å². The zero-order valence-corrected chi connectivity index (χ0v) is 28.4. The van der Waals surface area contributed by atoms with E-state index in [4.69, 9.17) is 4.42 Å². The van der Waals surface area contributed by atoms with Crippen molar-refractivity contribution in [3.63, 3.8) is 0 Å². The first-order valence-electron chi connectivity index (χ1n) is 17.8. The molecule has 2 heteroatoms. The molecule has 52 heavy (non-hydrogen) atoms. The highest BCUT2D eigenvalue weighted by Gasteiger charge is 2.19. The van der Waals surface area contributed by atoms with E-state index in [-0.39, 0.29) is 0 Å². The van der Waals surface area contributed by atoms with Crippen LogP contribution in [-0.4, -0.2) is 0 Å². The first-order chi connectivity index (χ1) is 25.8. The first-order valence-corrected chi connectivity index (χ1v) is 17.8. The first kappa shape index (κ1) is 30.0. The van der Waals surface area contributed by atoms with Crippen LogP contribution in [-0.2, 0) is 0 Å². The smallest absolute Gasteiger partial charge is 0.143 e. The van der Waals surface area contributed by atoms with E-state index in [1.807, 2.05) is 12.1 Å². The van der Waals surface area contributed by atoms with Crippen LogP contribution >= 0.6 is 0 Å². The van der Waals surface area contributed by atoms with Gasteiger partial charge in [-0.3, -0.25) is 0 Å². The minimum Gasteiger partial charge on any atom is -0.455 e. The van der Waals surface area contributed by atoms with Crippen LogP contribution in [0.25, 0.3) is 76.9 Å². The summed E-state index contributed by atoms with van der Waals surface area (Å²) in [6.07, 6.45) is 0. The van der Waals surface area contributed by atoms with Gasteiger partial charge in [0.25, 0.3) is 0 Å². The Morgan fingerprint density at radius 2 is 0.808 bits per heavy atom. The van der Waals surface area contributed by atoms with Gasteiger partial charge in [0.05, 0.1) is 5.69 Å². The van der Waals surface area contributed by atoms with Crippen LogP contribution in [0.1, 0.15) is 0 Å². The van der Waals surface area contributed by atoms with Crippen molar-refractivity contribution in [3.05, 3.63) is 200 Å². The molecule has 10 rings (SSSR count). The Balaban J connectivity index is 1.13. The van der Waals surface area contributed by atoms with E-state index in [1.54, 1.807) is 0 Å². The highest BCUT2D eigenvalue weighted by Crippen LogP contribution is 2.44. The van der Waals surface area contributed by atoms with E-state index in [0.29, 0.717) is 0 Å². The molecule has 10 aromatic rings. The minimum absolute atomic E-state index is 0.905. The van der Waals surface area contributed by atoms with Gasteiger partial charge in [-0.25, -0.2) is 0 Å². The summed E-state index contributed by atoms with van der Waals surface area (Å²) in [7, 11) is 0. The third-order valence-corrected chi connectivity index (χ3v) is 10.3. The lowest BCUT2D eigenvalue weighted by molar-refractivity contribution is 0.672. The molecule has 2 nitrogen and oxygen atoms in total. The van der Waals surface area contributed by atoms with Crippen LogP contribution in [0.3, 0.4) is 0 Å². The molecule has 0 unspecified atom stereocenters.